The van der Waals surface area contributed by atoms with Crippen molar-refractivity contribution >= 4 is 17.3 Å². The van der Waals surface area contributed by atoms with Gasteiger partial charge in [-0.2, -0.15) is 0 Å². The molecule has 0 saturated heterocycles. The van der Waals surface area contributed by atoms with Crippen molar-refractivity contribution in [1.29, 1.82) is 0 Å². The topological polar surface area (TPSA) is 64.2 Å². The maximum Gasteiger partial charge on any atom is 0.274 e. The third kappa shape index (κ3) is 2.19. The molecule has 0 atom stereocenters. The van der Waals surface area contributed by atoms with E-state index < -0.39 is 0 Å². The first kappa shape index (κ1) is 11.8. The zero-order valence-electron chi connectivity index (χ0n) is 10.8. The molecule has 2 aromatic rings. The smallest absolute Gasteiger partial charge is 0.274 e. The summed E-state index contributed by atoms with van der Waals surface area (Å²) < 4.78 is 1.99. The highest BCUT2D eigenvalue weighted by Crippen LogP contribution is 2.37. The van der Waals surface area contributed by atoms with Crippen LogP contribution in [0.15, 0.2) is 36.8 Å². The quantitative estimate of drug-likeness (QED) is 0.914. The van der Waals surface area contributed by atoms with Crippen molar-refractivity contribution in [3.05, 3.63) is 42.5 Å². The number of hydrogen-bond donors (Lipinski definition) is 1. The summed E-state index contributed by atoms with van der Waals surface area (Å²) in [6.07, 6.45) is 7.44. The number of carbonyl (C=O) groups excluding carboxylic acids is 1. The van der Waals surface area contributed by atoms with Gasteiger partial charge in [-0.1, -0.05) is 0 Å². The van der Waals surface area contributed by atoms with Crippen molar-refractivity contribution in [3.63, 3.8) is 0 Å². The number of hydrogen-bond acceptors (Lipinski definition) is 3. The lowest BCUT2D eigenvalue weighted by molar-refractivity contribution is 0.0984. The predicted octanol–water partition coefficient (Wildman–Crippen LogP) is 2.08. The summed E-state index contributed by atoms with van der Waals surface area (Å²) in [5.74, 6) is -0.0587. The van der Waals surface area contributed by atoms with Gasteiger partial charge in [-0.15, -0.1) is 0 Å². The molecule has 2 aromatic heterocycles. The minimum atomic E-state index is -0.0587. The van der Waals surface area contributed by atoms with Gasteiger partial charge < -0.3 is 15.2 Å². The molecule has 2 N–H and O–H groups in total. The maximum atomic E-state index is 12.5. The predicted molar refractivity (Wildman–Crippen MR) is 74.1 cm³/mol. The molecular weight excluding hydrogens is 240 g/mol. The van der Waals surface area contributed by atoms with Gasteiger partial charge in [-0.05, 0) is 31.0 Å². The molecule has 0 aliphatic heterocycles. The van der Waals surface area contributed by atoms with E-state index in [1.165, 1.54) is 0 Å². The van der Waals surface area contributed by atoms with Gasteiger partial charge in [0, 0.05) is 25.5 Å². The van der Waals surface area contributed by atoms with Crippen molar-refractivity contribution in [2.45, 2.75) is 18.9 Å². The van der Waals surface area contributed by atoms with E-state index in [1.807, 2.05) is 22.9 Å². The van der Waals surface area contributed by atoms with Crippen molar-refractivity contribution in [2.75, 3.05) is 17.7 Å². The fraction of sp³-hybridized carbons (Fsp3) is 0.286. The number of rotatable bonds is 3. The van der Waals surface area contributed by atoms with Crippen LogP contribution in [0.1, 0.15) is 29.4 Å². The number of nitrogen functional groups attached to an aromatic ring is 1. The molecule has 5 heteroatoms. The highest BCUT2D eigenvalue weighted by molar-refractivity contribution is 6.05. The lowest BCUT2D eigenvalue weighted by atomic mass is 10.3. The number of anilines is 2. The number of pyridine rings is 1. The fourth-order valence-corrected chi connectivity index (χ4v) is 2.17. The Kier molecular flexibility index (Phi) is 2.74. The summed E-state index contributed by atoms with van der Waals surface area (Å²) in [5, 5.41) is 0. The Morgan fingerprint density at radius 2 is 2.32 bits per heavy atom. The van der Waals surface area contributed by atoms with Gasteiger partial charge in [0.05, 0.1) is 17.6 Å². The van der Waals surface area contributed by atoms with Gasteiger partial charge in [0.1, 0.15) is 5.69 Å². The molecule has 3 rings (SSSR count). The Hall–Kier alpha value is -2.30. The molecule has 0 aromatic carbocycles. The first-order valence-electron chi connectivity index (χ1n) is 6.32. The van der Waals surface area contributed by atoms with Gasteiger partial charge in [0.25, 0.3) is 5.91 Å². The summed E-state index contributed by atoms with van der Waals surface area (Å²) in [4.78, 5) is 18.2. The first-order chi connectivity index (χ1) is 9.16. The van der Waals surface area contributed by atoms with E-state index in [1.54, 1.807) is 30.4 Å². The monoisotopic (exact) mass is 256 g/mol. The van der Waals surface area contributed by atoms with Crippen molar-refractivity contribution in [2.24, 2.45) is 0 Å². The van der Waals surface area contributed by atoms with Crippen LogP contribution in [0.4, 0.5) is 11.4 Å². The average Bonchev–Trinajstić information content (AvgIpc) is 3.21. The summed E-state index contributed by atoms with van der Waals surface area (Å²) in [7, 11) is 1.75. The van der Waals surface area contributed by atoms with Crippen LogP contribution in [0.25, 0.3) is 0 Å². The SMILES string of the molecule is CN(C(=O)c1cc(N)cn1C1CC1)c1cccnc1. The molecule has 1 aliphatic carbocycles. The highest BCUT2D eigenvalue weighted by atomic mass is 16.2. The minimum Gasteiger partial charge on any atom is -0.397 e. The molecule has 19 heavy (non-hydrogen) atoms. The standard InChI is InChI=1S/C14H16N4O/c1-17(12-3-2-6-16-8-12)14(19)13-7-10(15)9-18(13)11-4-5-11/h2-3,6-9,11H,4-5,15H2,1H3. The Morgan fingerprint density at radius 1 is 1.53 bits per heavy atom. The number of carbonyl (C=O) groups is 1. The molecule has 0 radical (unpaired) electrons. The summed E-state index contributed by atoms with van der Waals surface area (Å²) in [6.45, 7) is 0. The lowest BCUT2D eigenvalue weighted by Gasteiger charge is -2.17. The van der Waals surface area contributed by atoms with Crippen molar-refractivity contribution in [1.82, 2.24) is 9.55 Å². The van der Waals surface area contributed by atoms with Crippen LogP contribution in [-0.2, 0) is 0 Å². The number of nitrogens with two attached hydrogens (primary N) is 1. The highest BCUT2D eigenvalue weighted by Gasteiger charge is 2.29. The van der Waals surface area contributed by atoms with E-state index in [4.69, 9.17) is 5.73 Å². The van der Waals surface area contributed by atoms with Gasteiger partial charge >= 0.3 is 0 Å². The first-order valence-corrected chi connectivity index (χ1v) is 6.32. The Balaban J connectivity index is 1.91. The Morgan fingerprint density at radius 3 is 2.95 bits per heavy atom. The van der Waals surface area contributed by atoms with Gasteiger partial charge in [0.2, 0.25) is 0 Å². The molecule has 2 heterocycles. The fourth-order valence-electron chi connectivity index (χ4n) is 2.17. The second-order valence-electron chi connectivity index (χ2n) is 4.87. The second kappa shape index (κ2) is 4.42. The van der Waals surface area contributed by atoms with Crippen molar-refractivity contribution in [3.8, 4) is 0 Å². The van der Waals surface area contributed by atoms with Gasteiger partial charge in [0.15, 0.2) is 0 Å². The van der Waals surface area contributed by atoms with E-state index in [-0.39, 0.29) is 5.91 Å². The van der Waals surface area contributed by atoms with E-state index in [2.05, 4.69) is 4.98 Å². The van der Waals surface area contributed by atoms with Crippen LogP contribution < -0.4 is 10.6 Å². The molecule has 1 fully saturated rings. The molecular formula is C14H16N4O. The van der Waals surface area contributed by atoms with Crippen molar-refractivity contribution < 1.29 is 4.79 Å². The third-order valence-corrected chi connectivity index (χ3v) is 3.37. The summed E-state index contributed by atoms with van der Waals surface area (Å²) in [5.41, 5.74) is 7.87. The number of aromatic nitrogens is 2. The van der Waals surface area contributed by atoms with Crippen LogP contribution in [0, 0.1) is 0 Å². The molecule has 0 spiro atoms. The Labute approximate surface area is 111 Å². The van der Waals surface area contributed by atoms with E-state index in [9.17, 15) is 4.79 Å². The van der Waals surface area contributed by atoms with Gasteiger partial charge in [-0.25, -0.2) is 0 Å². The van der Waals surface area contributed by atoms with Crippen LogP contribution in [0.3, 0.4) is 0 Å². The zero-order valence-corrected chi connectivity index (χ0v) is 10.8. The normalized spacial score (nSPS) is 14.4. The molecule has 98 valence electrons. The molecule has 1 amide bonds. The van der Waals surface area contributed by atoms with E-state index in [0.717, 1.165) is 18.5 Å². The van der Waals surface area contributed by atoms with E-state index >= 15 is 0 Å². The second-order valence-corrected chi connectivity index (χ2v) is 4.87. The van der Waals surface area contributed by atoms with Crippen LogP contribution >= 0.6 is 0 Å². The average molecular weight is 256 g/mol. The summed E-state index contributed by atoms with van der Waals surface area (Å²) >= 11 is 0. The van der Waals surface area contributed by atoms with Gasteiger partial charge in [-0.3, -0.25) is 9.78 Å². The van der Waals surface area contributed by atoms with Crippen LogP contribution in [-0.4, -0.2) is 22.5 Å². The molecule has 1 aliphatic rings. The lowest BCUT2D eigenvalue weighted by Crippen LogP contribution is -2.28. The molecule has 1 saturated carbocycles. The number of amides is 1. The molecule has 0 bridgehead atoms. The minimum absolute atomic E-state index is 0.0587. The molecule has 5 nitrogen and oxygen atoms in total. The zero-order chi connectivity index (χ0) is 13.4. The molecule has 0 unspecified atom stereocenters. The largest absolute Gasteiger partial charge is 0.397 e. The number of nitrogens with zero attached hydrogens (tertiary/aromatic N) is 3. The maximum absolute atomic E-state index is 12.5. The van der Waals surface area contributed by atoms with E-state index in [0.29, 0.717) is 17.4 Å². The van der Waals surface area contributed by atoms with Crippen LogP contribution in [0.5, 0.6) is 0 Å². The summed E-state index contributed by atoms with van der Waals surface area (Å²) in [6, 6.07) is 5.85. The third-order valence-electron chi connectivity index (χ3n) is 3.37. The Bertz CT molecular complexity index is 601. The van der Waals surface area contributed by atoms with Crippen LogP contribution in [0.2, 0.25) is 0 Å².